The SMILES string of the molecule is Cc1ccc(C(=O)O)cc1NC(=O)C(Sc1ccc(NC(=S)Nc2ccccc2)cc1)c1ccccc1. The third kappa shape index (κ3) is 7.19. The number of carbonyl (C=O) groups is 2. The Hall–Kier alpha value is -4.14. The van der Waals surface area contributed by atoms with Gasteiger partial charge in [-0.25, -0.2) is 4.79 Å². The van der Waals surface area contributed by atoms with Crippen LogP contribution in [0.2, 0.25) is 0 Å². The Morgan fingerprint density at radius 3 is 2.00 bits per heavy atom. The van der Waals surface area contributed by atoms with E-state index in [1.54, 1.807) is 6.07 Å². The van der Waals surface area contributed by atoms with Gasteiger partial charge in [-0.2, -0.15) is 0 Å². The molecule has 4 N–H and O–H groups in total. The van der Waals surface area contributed by atoms with Crippen molar-refractivity contribution >= 4 is 58.0 Å². The number of thiocarbonyl (C=S) groups is 1. The van der Waals surface area contributed by atoms with Crippen LogP contribution in [-0.2, 0) is 4.79 Å². The molecular weight excluding hydrogens is 502 g/mol. The van der Waals surface area contributed by atoms with E-state index in [-0.39, 0.29) is 11.5 Å². The summed E-state index contributed by atoms with van der Waals surface area (Å²) >= 11 is 6.81. The van der Waals surface area contributed by atoms with Gasteiger partial charge in [0.05, 0.1) is 5.56 Å². The van der Waals surface area contributed by atoms with E-state index in [1.165, 1.54) is 23.9 Å². The highest BCUT2D eigenvalue weighted by molar-refractivity contribution is 8.00. The molecular formula is C29H25N3O3S2. The summed E-state index contributed by atoms with van der Waals surface area (Å²) in [6.45, 7) is 1.83. The first-order valence-electron chi connectivity index (χ1n) is 11.5. The van der Waals surface area contributed by atoms with Crippen LogP contribution in [0.15, 0.2) is 108 Å². The summed E-state index contributed by atoms with van der Waals surface area (Å²) in [7, 11) is 0. The largest absolute Gasteiger partial charge is 0.478 e. The third-order valence-electron chi connectivity index (χ3n) is 5.48. The number of thioether (sulfide) groups is 1. The first-order valence-corrected chi connectivity index (χ1v) is 12.8. The van der Waals surface area contributed by atoms with Crippen LogP contribution in [-0.4, -0.2) is 22.1 Å². The first kappa shape index (κ1) is 25.9. The van der Waals surface area contributed by atoms with Crippen molar-refractivity contribution in [3.8, 4) is 0 Å². The Balaban J connectivity index is 1.48. The standard InChI is InChI=1S/C29H25N3O3S2/c1-19-12-13-21(28(34)35)18-25(19)32-27(33)26(20-8-4-2-5-9-20)37-24-16-14-23(15-17-24)31-29(36)30-22-10-6-3-7-11-22/h2-18,26H,1H3,(H,32,33)(H,34,35)(H2,30,31,36). The fraction of sp³-hybridized carbons (Fsp3) is 0.0690. The van der Waals surface area contributed by atoms with E-state index in [0.29, 0.717) is 10.8 Å². The number of benzene rings is 4. The molecule has 8 heteroatoms. The summed E-state index contributed by atoms with van der Waals surface area (Å²) in [5.74, 6) is -1.28. The van der Waals surface area contributed by atoms with Crippen LogP contribution in [0.1, 0.15) is 26.7 Å². The van der Waals surface area contributed by atoms with Gasteiger partial charge in [-0.3, -0.25) is 4.79 Å². The predicted molar refractivity (Wildman–Crippen MR) is 155 cm³/mol. The second kappa shape index (κ2) is 12.2. The number of nitrogens with one attached hydrogen (secondary N) is 3. The number of hydrogen-bond acceptors (Lipinski definition) is 4. The smallest absolute Gasteiger partial charge is 0.335 e. The lowest BCUT2D eigenvalue weighted by Gasteiger charge is -2.18. The minimum atomic E-state index is -1.04. The first-order chi connectivity index (χ1) is 17.9. The summed E-state index contributed by atoms with van der Waals surface area (Å²) in [5.41, 5.74) is 3.93. The molecule has 0 radical (unpaired) electrons. The molecule has 0 saturated heterocycles. The van der Waals surface area contributed by atoms with Crippen molar-refractivity contribution in [1.82, 2.24) is 0 Å². The lowest BCUT2D eigenvalue weighted by molar-refractivity contribution is -0.115. The van der Waals surface area contributed by atoms with Gasteiger partial charge < -0.3 is 21.1 Å². The minimum Gasteiger partial charge on any atom is -0.478 e. The Morgan fingerprint density at radius 1 is 0.784 bits per heavy atom. The van der Waals surface area contributed by atoms with Crippen LogP contribution >= 0.6 is 24.0 Å². The monoisotopic (exact) mass is 527 g/mol. The van der Waals surface area contributed by atoms with Crippen LogP contribution in [0, 0.1) is 6.92 Å². The van der Waals surface area contributed by atoms with E-state index in [2.05, 4.69) is 16.0 Å². The highest BCUT2D eigenvalue weighted by Gasteiger charge is 2.23. The quantitative estimate of drug-likeness (QED) is 0.145. The van der Waals surface area contributed by atoms with Gasteiger partial charge in [0.25, 0.3) is 0 Å². The summed E-state index contributed by atoms with van der Waals surface area (Å²) in [6, 6.07) is 31.5. The fourth-order valence-electron chi connectivity index (χ4n) is 3.56. The zero-order chi connectivity index (χ0) is 26.2. The molecule has 0 spiro atoms. The van der Waals surface area contributed by atoms with E-state index < -0.39 is 11.2 Å². The van der Waals surface area contributed by atoms with Crippen molar-refractivity contribution in [2.45, 2.75) is 17.1 Å². The average molecular weight is 528 g/mol. The Labute approximate surface area is 225 Å². The molecule has 1 amide bonds. The Kier molecular flexibility index (Phi) is 8.56. The highest BCUT2D eigenvalue weighted by atomic mass is 32.2. The van der Waals surface area contributed by atoms with Crippen molar-refractivity contribution in [1.29, 1.82) is 0 Å². The molecule has 1 atom stereocenters. The molecule has 0 aliphatic heterocycles. The number of carboxylic acid groups (broad SMARTS) is 1. The van der Waals surface area contributed by atoms with E-state index in [9.17, 15) is 14.7 Å². The van der Waals surface area contributed by atoms with Gasteiger partial charge in [0.15, 0.2) is 5.11 Å². The lowest BCUT2D eigenvalue weighted by atomic mass is 10.1. The van der Waals surface area contributed by atoms with Gasteiger partial charge in [0.2, 0.25) is 5.91 Å². The summed E-state index contributed by atoms with van der Waals surface area (Å²) < 4.78 is 0. The number of rotatable bonds is 8. The third-order valence-corrected chi connectivity index (χ3v) is 6.95. The number of carboxylic acids is 1. The topological polar surface area (TPSA) is 90.5 Å². The molecule has 0 aliphatic rings. The molecule has 0 bridgehead atoms. The van der Waals surface area contributed by atoms with E-state index in [1.807, 2.05) is 91.9 Å². The van der Waals surface area contributed by atoms with Crippen molar-refractivity contribution in [2.75, 3.05) is 16.0 Å². The second-order valence-corrected chi connectivity index (χ2v) is 9.79. The fourth-order valence-corrected chi connectivity index (χ4v) is 4.82. The number of hydrogen-bond donors (Lipinski definition) is 4. The maximum absolute atomic E-state index is 13.4. The zero-order valence-electron chi connectivity index (χ0n) is 20.0. The van der Waals surface area contributed by atoms with Crippen LogP contribution in [0.4, 0.5) is 17.1 Å². The van der Waals surface area contributed by atoms with Crippen molar-refractivity contribution in [2.24, 2.45) is 0 Å². The summed E-state index contributed by atoms with van der Waals surface area (Å²) in [6.07, 6.45) is 0. The van der Waals surface area contributed by atoms with Gasteiger partial charge >= 0.3 is 5.97 Å². The maximum atomic E-state index is 13.4. The summed E-state index contributed by atoms with van der Waals surface area (Å²) in [5, 5.41) is 18.5. The Bertz CT molecular complexity index is 1400. The molecule has 4 aromatic rings. The van der Waals surface area contributed by atoms with Gasteiger partial charge in [-0.1, -0.05) is 54.6 Å². The van der Waals surface area contributed by atoms with Gasteiger partial charge in [0.1, 0.15) is 5.25 Å². The number of amides is 1. The lowest BCUT2D eigenvalue weighted by Crippen LogP contribution is -2.20. The molecule has 37 heavy (non-hydrogen) atoms. The maximum Gasteiger partial charge on any atom is 0.335 e. The molecule has 1 unspecified atom stereocenters. The minimum absolute atomic E-state index is 0.118. The Morgan fingerprint density at radius 2 is 1.38 bits per heavy atom. The van der Waals surface area contributed by atoms with Gasteiger partial charge in [0, 0.05) is 22.0 Å². The van der Waals surface area contributed by atoms with Crippen molar-refractivity contribution in [3.05, 3.63) is 120 Å². The summed E-state index contributed by atoms with van der Waals surface area (Å²) in [4.78, 5) is 25.7. The number of aromatic carboxylic acids is 1. The molecule has 186 valence electrons. The molecule has 0 saturated carbocycles. The number of anilines is 3. The van der Waals surface area contributed by atoms with E-state index >= 15 is 0 Å². The van der Waals surface area contributed by atoms with Gasteiger partial charge in [-0.15, -0.1) is 11.8 Å². The van der Waals surface area contributed by atoms with E-state index in [4.69, 9.17) is 12.2 Å². The van der Waals surface area contributed by atoms with Crippen LogP contribution in [0.3, 0.4) is 0 Å². The van der Waals surface area contributed by atoms with Crippen LogP contribution in [0.25, 0.3) is 0 Å². The van der Waals surface area contributed by atoms with E-state index in [0.717, 1.165) is 27.4 Å². The predicted octanol–water partition coefficient (Wildman–Crippen LogP) is 6.97. The molecule has 6 nitrogen and oxygen atoms in total. The normalized spacial score (nSPS) is 11.3. The van der Waals surface area contributed by atoms with Gasteiger partial charge in [-0.05, 0) is 78.8 Å². The molecule has 0 aromatic heterocycles. The van der Waals surface area contributed by atoms with Crippen LogP contribution in [0.5, 0.6) is 0 Å². The highest BCUT2D eigenvalue weighted by Crippen LogP contribution is 2.37. The number of aryl methyl sites for hydroxylation is 1. The number of para-hydroxylation sites is 1. The molecule has 4 rings (SSSR count). The molecule has 0 fully saturated rings. The molecule has 0 heterocycles. The van der Waals surface area contributed by atoms with Crippen LogP contribution < -0.4 is 16.0 Å². The zero-order valence-corrected chi connectivity index (χ0v) is 21.6. The van der Waals surface area contributed by atoms with Crippen molar-refractivity contribution in [3.63, 3.8) is 0 Å². The van der Waals surface area contributed by atoms with Crippen molar-refractivity contribution < 1.29 is 14.7 Å². The molecule has 0 aliphatic carbocycles. The number of carbonyl (C=O) groups excluding carboxylic acids is 1. The second-order valence-electron chi connectivity index (χ2n) is 8.20. The average Bonchev–Trinajstić information content (AvgIpc) is 2.90. The molecule has 4 aromatic carbocycles.